The molecule has 2 amide bonds. The molecule has 3 aromatic rings. The van der Waals surface area contributed by atoms with Gasteiger partial charge in [-0.2, -0.15) is 8.78 Å². The number of carbonyl (C=O) groups is 1. The van der Waals surface area contributed by atoms with Crippen molar-refractivity contribution in [2.24, 2.45) is 0 Å². The van der Waals surface area contributed by atoms with Crippen molar-refractivity contribution in [1.82, 2.24) is 15.3 Å². The van der Waals surface area contributed by atoms with Gasteiger partial charge < -0.3 is 15.4 Å². The molecule has 3 rings (SSSR count). The Morgan fingerprint density at radius 3 is 2.82 bits per heavy atom. The maximum absolute atomic E-state index is 12.5. The fraction of sp³-hybridized carbons (Fsp3) is 0.316. The van der Waals surface area contributed by atoms with Crippen LogP contribution in [0.4, 0.5) is 19.3 Å². The van der Waals surface area contributed by atoms with Crippen molar-refractivity contribution < 1.29 is 18.3 Å². The Morgan fingerprint density at radius 1 is 1.29 bits per heavy atom. The first-order chi connectivity index (χ1) is 13.4. The molecule has 0 bridgehead atoms. The predicted molar refractivity (Wildman–Crippen MR) is 105 cm³/mol. The molecule has 9 heteroatoms. The summed E-state index contributed by atoms with van der Waals surface area (Å²) >= 11 is 1.61. The summed E-state index contributed by atoms with van der Waals surface area (Å²) in [5.74, 6) is 0.343. The number of pyridine rings is 1. The Balaban J connectivity index is 1.63. The lowest BCUT2D eigenvalue weighted by molar-refractivity contribution is -0.0489. The van der Waals surface area contributed by atoms with Crippen molar-refractivity contribution in [1.29, 1.82) is 0 Å². The van der Waals surface area contributed by atoms with Gasteiger partial charge in [-0.05, 0) is 24.3 Å². The van der Waals surface area contributed by atoms with E-state index >= 15 is 0 Å². The summed E-state index contributed by atoms with van der Waals surface area (Å²) in [5.41, 5.74) is 1.65. The number of fused-ring (bicyclic) bond motifs is 1. The lowest BCUT2D eigenvalue weighted by Crippen LogP contribution is -2.30. The van der Waals surface area contributed by atoms with E-state index in [4.69, 9.17) is 0 Å². The highest BCUT2D eigenvalue weighted by Gasteiger charge is 2.13. The standard InChI is InChI=1S/C19H20F2N4O2S/c1-11(2)17-24-12(10-28-17)7-9-23-19(26)25-14-5-6-15(27-18(20)21)16-13(14)4-3-8-22-16/h3-6,8,10-11,18H,7,9H2,1-2H3,(H2,23,25,26). The number of halogens is 2. The van der Waals surface area contributed by atoms with Gasteiger partial charge in [-0.15, -0.1) is 11.3 Å². The highest BCUT2D eigenvalue weighted by Crippen LogP contribution is 2.30. The summed E-state index contributed by atoms with van der Waals surface area (Å²) in [5, 5.41) is 9.08. The van der Waals surface area contributed by atoms with E-state index in [1.165, 1.54) is 18.3 Å². The van der Waals surface area contributed by atoms with Gasteiger partial charge in [-0.25, -0.2) is 9.78 Å². The van der Waals surface area contributed by atoms with Crippen molar-refractivity contribution in [3.63, 3.8) is 0 Å². The number of amides is 2. The first-order valence-electron chi connectivity index (χ1n) is 8.75. The van der Waals surface area contributed by atoms with Gasteiger partial charge in [-0.3, -0.25) is 4.98 Å². The van der Waals surface area contributed by atoms with Gasteiger partial charge in [0.25, 0.3) is 0 Å². The van der Waals surface area contributed by atoms with E-state index in [1.54, 1.807) is 23.5 Å². The summed E-state index contributed by atoms with van der Waals surface area (Å²) in [7, 11) is 0. The number of urea groups is 1. The number of hydrogen-bond donors (Lipinski definition) is 2. The van der Waals surface area contributed by atoms with Crippen LogP contribution in [0.2, 0.25) is 0 Å². The zero-order valence-electron chi connectivity index (χ0n) is 15.4. The maximum Gasteiger partial charge on any atom is 0.387 e. The highest BCUT2D eigenvalue weighted by molar-refractivity contribution is 7.09. The fourth-order valence-corrected chi connectivity index (χ4v) is 3.49. The first kappa shape index (κ1) is 19.9. The number of nitrogens with one attached hydrogen (secondary N) is 2. The second-order valence-corrected chi connectivity index (χ2v) is 7.24. The minimum Gasteiger partial charge on any atom is -0.432 e. The van der Waals surface area contributed by atoms with Crippen LogP contribution in [0.5, 0.6) is 5.75 Å². The number of nitrogens with zero attached hydrogens (tertiary/aromatic N) is 2. The summed E-state index contributed by atoms with van der Waals surface area (Å²) in [6.07, 6.45) is 2.10. The Morgan fingerprint density at radius 2 is 2.11 bits per heavy atom. The number of anilines is 1. The number of hydrogen-bond acceptors (Lipinski definition) is 5. The van der Waals surface area contributed by atoms with E-state index in [2.05, 4.69) is 39.2 Å². The molecule has 0 aliphatic heterocycles. The van der Waals surface area contributed by atoms with Crippen molar-refractivity contribution >= 4 is 34.0 Å². The number of benzene rings is 1. The van der Waals surface area contributed by atoms with Gasteiger partial charge in [0, 0.05) is 35.8 Å². The smallest absolute Gasteiger partial charge is 0.387 e. The Labute approximate surface area is 165 Å². The molecule has 0 aliphatic rings. The minimum absolute atomic E-state index is 0.0407. The van der Waals surface area contributed by atoms with Crippen molar-refractivity contribution in [2.75, 3.05) is 11.9 Å². The number of alkyl halides is 2. The summed E-state index contributed by atoms with van der Waals surface area (Å²) < 4.78 is 29.6. The van der Waals surface area contributed by atoms with Crippen molar-refractivity contribution in [3.8, 4) is 5.75 Å². The maximum atomic E-state index is 12.5. The van der Waals surface area contributed by atoms with E-state index in [1.807, 2.05) is 5.38 Å². The molecule has 0 saturated carbocycles. The average molecular weight is 406 g/mol. The number of aromatic nitrogens is 2. The van der Waals surface area contributed by atoms with E-state index in [0.29, 0.717) is 30.0 Å². The molecule has 0 aliphatic carbocycles. The zero-order valence-corrected chi connectivity index (χ0v) is 16.2. The van der Waals surface area contributed by atoms with Gasteiger partial charge in [0.15, 0.2) is 5.75 Å². The normalized spacial score (nSPS) is 11.2. The van der Waals surface area contributed by atoms with E-state index in [-0.39, 0.29) is 11.3 Å². The number of carbonyl (C=O) groups excluding carboxylic acids is 1. The van der Waals surface area contributed by atoms with Crippen LogP contribution in [0, 0.1) is 0 Å². The van der Waals surface area contributed by atoms with Gasteiger partial charge in [-0.1, -0.05) is 13.8 Å². The number of ether oxygens (including phenoxy) is 1. The lowest BCUT2D eigenvalue weighted by atomic mass is 10.1. The SMILES string of the molecule is CC(C)c1nc(CCNC(=O)Nc2ccc(OC(F)F)c3ncccc23)cs1. The summed E-state index contributed by atoms with van der Waals surface area (Å²) in [6, 6.07) is 5.81. The second-order valence-electron chi connectivity index (χ2n) is 6.35. The van der Waals surface area contributed by atoms with Crippen LogP contribution < -0.4 is 15.4 Å². The molecule has 0 atom stereocenters. The topological polar surface area (TPSA) is 76.1 Å². The van der Waals surface area contributed by atoms with Crippen LogP contribution in [-0.2, 0) is 6.42 Å². The van der Waals surface area contributed by atoms with Crippen LogP contribution >= 0.6 is 11.3 Å². The highest BCUT2D eigenvalue weighted by atomic mass is 32.1. The quantitative estimate of drug-likeness (QED) is 0.592. The lowest BCUT2D eigenvalue weighted by Gasteiger charge is -2.12. The molecule has 2 heterocycles. The molecule has 148 valence electrons. The number of rotatable bonds is 7. The third-order valence-electron chi connectivity index (χ3n) is 3.93. The monoisotopic (exact) mass is 406 g/mol. The molecule has 2 aromatic heterocycles. The molecule has 6 nitrogen and oxygen atoms in total. The van der Waals surface area contributed by atoms with Crippen LogP contribution in [0.1, 0.15) is 30.5 Å². The van der Waals surface area contributed by atoms with Crippen LogP contribution in [0.25, 0.3) is 10.9 Å². The van der Waals surface area contributed by atoms with Crippen LogP contribution in [0.3, 0.4) is 0 Å². The zero-order chi connectivity index (χ0) is 20.1. The Bertz CT molecular complexity index is 962. The molecule has 0 saturated heterocycles. The second kappa shape index (κ2) is 8.92. The van der Waals surface area contributed by atoms with E-state index in [0.717, 1.165) is 10.7 Å². The number of thiazole rings is 1. The largest absolute Gasteiger partial charge is 0.432 e. The molecular formula is C19H20F2N4O2S. The molecule has 28 heavy (non-hydrogen) atoms. The Kier molecular flexibility index (Phi) is 6.35. The molecule has 1 aromatic carbocycles. The molecule has 0 radical (unpaired) electrons. The van der Waals surface area contributed by atoms with E-state index < -0.39 is 12.6 Å². The third kappa shape index (κ3) is 4.92. The Hall–Kier alpha value is -2.81. The van der Waals surface area contributed by atoms with E-state index in [9.17, 15) is 13.6 Å². The third-order valence-corrected chi connectivity index (χ3v) is 5.12. The van der Waals surface area contributed by atoms with Gasteiger partial charge in [0.05, 0.1) is 16.4 Å². The minimum atomic E-state index is -2.95. The molecular weight excluding hydrogens is 386 g/mol. The van der Waals surface area contributed by atoms with Crippen molar-refractivity contribution in [3.05, 3.63) is 46.5 Å². The van der Waals surface area contributed by atoms with Crippen LogP contribution in [0.15, 0.2) is 35.8 Å². The predicted octanol–water partition coefficient (Wildman–Crippen LogP) is 4.78. The molecule has 0 spiro atoms. The van der Waals surface area contributed by atoms with Gasteiger partial charge >= 0.3 is 12.6 Å². The molecule has 0 unspecified atom stereocenters. The summed E-state index contributed by atoms with van der Waals surface area (Å²) in [4.78, 5) is 20.8. The molecule has 0 fully saturated rings. The fourth-order valence-electron chi connectivity index (χ4n) is 2.62. The van der Waals surface area contributed by atoms with Gasteiger partial charge in [0.1, 0.15) is 5.52 Å². The average Bonchev–Trinajstić information content (AvgIpc) is 3.13. The molecule has 2 N–H and O–H groups in total. The van der Waals surface area contributed by atoms with Gasteiger partial charge in [0.2, 0.25) is 0 Å². The first-order valence-corrected chi connectivity index (χ1v) is 9.63. The van der Waals surface area contributed by atoms with Crippen molar-refractivity contribution in [2.45, 2.75) is 32.8 Å². The van der Waals surface area contributed by atoms with Crippen LogP contribution in [-0.4, -0.2) is 29.2 Å². The summed E-state index contributed by atoms with van der Waals surface area (Å²) in [6.45, 7) is 1.65.